The number of nitro groups is 1. The van der Waals surface area contributed by atoms with Gasteiger partial charge in [0.15, 0.2) is 5.75 Å². The summed E-state index contributed by atoms with van der Waals surface area (Å²) in [4.78, 5) is 31.9. The van der Waals surface area contributed by atoms with Gasteiger partial charge in [-0.05, 0) is 12.5 Å². The first-order valence-corrected chi connectivity index (χ1v) is 6.35. The number of carbonyl (C=O) groups excluding carboxylic acids is 1. The summed E-state index contributed by atoms with van der Waals surface area (Å²) in [7, 11) is 0. The zero-order valence-electron chi connectivity index (χ0n) is 11.3. The Morgan fingerprint density at radius 1 is 1.29 bits per heavy atom. The molecule has 2 N–H and O–H groups in total. The summed E-state index contributed by atoms with van der Waals surface area (Å²) in [6.07, 6.45) is 0.387. The van der Waals surface area contributed by atoms with Crippen LogP contribution < -0.4 is 10.1 Å². The van der Waals surface area contributed by atoms with Crippen LogP contribution in [-0.2, 0) is 9.59 Å². The standard InChI is InChI=1S/C13H16N2O6/c16-12(14-8-3-6-13(17)18)7-9-21-11-5-2-1-4-10(11)15(19)20/h1-2,4-5H,3,6-9H2,(H,14,16)(H,17,18). The van der Waals surface area contributed by atoms with E-state index in [2.05, 4.69) is 5.32 Å². The Balaban J connectivity index is 2.29. The van der Waals surface area contributed by atoms with Crippen molar-refractivity contribution in [2.24, 2.45) is 0 Å². The van der Waals surface area contributed by atoms with Crippen molar-refractivity contribution < 1.29 is 24.4 Å². The van der Waals surface area contributed by atoms with Crippen molar-refractivity contribution in [2.45, 2.75) is 19.3 Å². The van der Waals surface area contributed by atoms with Gasteiger partial charge in [-0.1, -0.05) is 12.1 Å². The van der Waals surface area contributed by atoms with Gasteiger partial charge in [0.25, 0.3) is 0 Å². The van der Waals surface area contributed by atoms with Crippen LogP contribution in [0.1, 0.15) is 19.3 Å². The molecule has 1 amide bonds. The molecular weight excluding hydrogens is 280 g/mol. The third-order valence-corrected chi connectivity index (χ3v) is 2.54. The summed E-state index contributed by atoms with van der Waals surface area (Å²) in [6.45, 7) is 0.284. The second kappa shape index (κ2) is 8.51. The fraction of sp³-hybridized carbons (Fsp3) is 0.385. The number of benzene rings is 1. The molecule has 0 aromatic heterocycles. The molecule has 0 unspecified atom stereocenters. The lowest BCUT2D eigenvalue weighted by molar-refractivity contribution is -0.385. The molecule has 0 aliphatic heterocycles. The quantitative estimate of drug-likeness (QED) is 0.403. The van der Waals surface area contributed by atoms with E-state index in [9.17, 15) is 19.7 Å². The van der Waals surface area contributed by atoms with Crippen molar-refractivity contribution in [3.63, 3.8) is 0 Å². The van der Waals surface area contributed by atoms with Crippen LogP contribution in [0.3, 0.4) is 0 Å². The first-order chi connectivity index (χ1) is 10.0. The second-order valence-corrected chi connectivity index (χ2v) is 4.17. The fourth-order valence-electron chi connectivity index (χ4n) is 1.54. The number of nitrogens with zero attached hydrogens (tertiary/aromatic N) is 1. The van der Waals surface area contributed by atoms with Crippen molar-refractivity contribution in [3.8, 4) is 5.75 Å². The van der Waals surface area contributed by atoms with Crippen LogP contribution in [0.2, 0.25) is 0 Å². The molecule has 0 radical (unpaired) electrons. The molecule has 8 heteroatoms. The summed E-state index contributed by atoms with van der Waals surface area (Å²) in [5, 5.41) is 21.7. The molecule has 1 aromatic carbocycles. The van der Waals surface area contributed by atoms with Gasteiger partial charge in [0.05, 0.1) is 18.0 Å². The summed E-state index contributed by atoms with van der Waals surface area (Å²) < 4.78 is 5.22. The maximum atomic E-state index is 11.4. The molecule has 0 heterocycles. The lowest BCUT2D eigenvalue weighted by atomic mass is 10.3. The van der Waals surface area contributed by atoms with Gasteiger partial charge in [-0.15, -0.1) is 0 Å². The molecular formula is C13H16N2O6. The number of amides is 1. The summed E-state index contributed by atoms with van der Waals surface area (Å²) in [5.41, 5.74) is -0.153. The highest BCUT2D eigenvalue weighted by molar-refractivity contribution is 5.76. The number of nitro benzene ring substituents is 1. The average Bonchev–Trinajstić information content (AvgIpc) is 2.44. The van der Waals surface area contributed by atoms with Gasteiger partial charge in [-0.3, -0.25) is 19.7 Å². The lowest BCUT2D eigenvalue weighted by Gasteiger charge is -2.07. The summed E-state index contributed by atoms with van der Waals surface area (Å²) in [5.74, 6) is -1.09. The van der Waals surface area contributed by atoms with E-state index in [4.69, 9.17) is 9.84 Å². The average molecular weight is 296 g/mol. The molecule has 1 aromatic rings. The number of nitrogens with one attached hydrogen (secondary N) is 1. The van der Waals surface area contributed by atoms with E-state index < -0.39 is 10.9 Å². The zero-order valence-corrected chi connectivity index (χ0v) is 11.3. The third kappa shape index (κ3) is 6.37. The number of ether oxygens (including phenoxy) is 1. The van der Waals surface area contributed by atoms with E-state index in [-0.39, 0.29) is 43.3 Å². The van der Waals surface area contributed by atoms with E-state index in [0.29, 0.717) is 6.42 Å². The Morgan fingerprint density at radius 2 is 2.00 bits per heavy atom. The zero-order chi connectivity index (χ0) is 15.7. The topological polar surface area (TPSA) is 119 Å². The molecule has 114 valence electrons. The van der Waals surface area contributed by atoms with Crippen molar-refractivity contribution in [1.29, 1.82) is 0 Å². The van der Waals surface area contributed by atoms with Gasteiger partial charge in [0.1, 0.15) is 0 Å². The molecule has 0 bridgehead atoms. The minimum absolute atomic E-state index is 0.00695. The molecule has 8 nitrogen and oxygen atoms in total. The molecule has 0 spiro atoms. The molecule has 0 aliphatic rings. The lowest BCUT2D eigenvalue weighted by Crippen LogP contribution is -2.26. The summed E-state index contributed by atoms with van der Waals surface area (Å²) >= 11 is 0. The molecule has 0 saturated heterocycles. The highest BCUT2D eigenvalue weighted by atomic mass is 16.6. The van der Waals surface area contributed by atoms with Crippen LogP contribution in [0.25, 0.3) is 0 Å². The van der Waals surface area contributed by atoms with Gasteiger partial charge >= 0.3 is 11.7 Å². The van der Waals surface area contributed by atoms with E-state index in [1.807, 2.05) is 0 Å². The highest BCUT2D eigenvalue weighted by Crippen LogP contribution is 2.25. The number of hydrogen-bond donors (Lipinski definition) is 2. The van der Waals surface area contributed by atoms with Gasteiger partial charge < -0.3 is 15.2 Å². The number of carbonyl (C=O) groups is 2. The third-order valence-electron chi connectivity index (χ3n) is 2.54. The van der Waals surface area contributed by atoms with E-state index in [1.54, 1.807) is 6.07 Å². The second-order valence-electron chi connectivity index (χ2n) is 4.17. The van der Waals surface area contributed by atoms with Crippen molar-refractivity contribution >= 4 is 17.6 Å². The van der Waals surface area contributed by atoms with Gasteiger partial charge in [-0.25, -0.2) is 0 Å². The Bertz CT molecular complexity index is 517. The van der Waals surface area contributed by atoms with Crippen LogP contribution in [0.5, 0.6) is 5.75 Å². The molecule has 0 atom stereocenters. The van der Waals surface area contributed by atoms with Crippen LogP contribution in [-0.4, -0.2) is 35.1 Å². The van der Waals surface area contributed by atoms with Crippen LogP contribution in [0.15, 0.2) is 24.3 Å². The largest absolute Gasteiger partial charge is 0.486 e. The van der Waals surface area contributed by atoms with Gasteiger partial charge in [0, 0.05) is 19.0 Å². The minimum atomic E-state index is -0.913. The Morgan fingerprint density at radius 3 is 2.67 bits per heavy atom. The van der Waals surface area contributed by atoms with E-state index >= 15 is 0 Å². The Kier molecular flexibility index (Phi) is 6.66. The number of carboxylic acids is 1. The number of para-hydroxylation sites is 2. The van der Waals surface area contributed by atoms with Crippen LogP contribution >= 0.6 is 0 Å². The summed E-state index contributed by atoms with van der Waals surface area (Å²) in [6, 6.07) is 5.92. The number of aliphatic carboxylic acids is 1. The molecule has 0 saturated carbocycles. The minimum Gasteiger partial charge on any atom is -0.486 e. The number of hydrogen-bond acceptors (Lipinski definition) is 5. The Labute approximate surface area is 120 Å². The molecule has 0 fully saturated rings. The van der Waals surface area contributed by atoms with Crippen molar-refractivity contribution in [1.82, 2.24) is 5.32 Å². The van der Waals surface area contributed by atoms with E-state index in [0.717, 1.165) is 0 Å². The van der Waals surface area contributed by atoms with Crippen molar-refractivity contribution in [2.75, 3.05) is 13.2 Å². The fourth-order valence-corrected chi connectivity index (χ4v) is 1.54. The monoisotopic (exact) mass is 296 g/mol. The van der Waals surface area contributed by atoms with Gasteiger partial charge in [-0.2, -0.15) is 0 Å². The SMILES string of the molecule is O=C(O)CCCNC(=O)CCOc1ccccc1[N+](=O)[O-]. The number of rotatable bonds is 9. The predicted molar refractivity (Wildman–Crippen MR) is 73.1 cm³/mol. The Hall–Kier alpha value is -2.64. The first-order valence-electron chi connectivity index (χ1n) is 6.35. The first kappa shape index (κ1) is 16.4. The van der Waals surface area contributed by atoms with E-state index in [1.165, 1.54) is 18.2 Å². The van der Waals surface area contributed by atoms with Crippen LogP contribution in [0.4, 0.5) is 5.69 Å². The van der Waals surface area contributed by atoms with Crippen LogP contribution in [0, 0.1) is 10.1 Å². The molecule has 1 rings (SSSR count). The maximum absolute atomic E-state index is 11.4. The normalized spacial score (nSPS) is 9.90. The smallest absolute Gasteiger partial charge is 0.310 e. The van der Waals surface area contributed by atoms with Gasteiger partial charge in [0.2, 0.25) is 5.91 Å². The molecule has 0 aliphatic carbocycles. The highest BCUT2D eigenvalue weighted by Gasteiger charge is 2.13. The number of carboxylic acid groups (broad SMARTS) is 1. The molecule has 21 heavy (non-hydrogen) atoms. The maximum Gasteiger partial charge on any atom is 0.310 e. The predicted octanol–water partition coefficient (Wildman–Crippen LogP) is 1.34. The van der Waals surface area contributed by atoms with Crippen molar-refractivity contribution in [3.05, 3.63) is 34.4 Å².